The predicted molar refractivity (Wildman–Crippen MR) is 85.6 cm³/mol. The molecular weight excluding hydrogens is 248 g/mol. The molecule has 0 bridgehead atoms. The van der Waals surface area contributed by atoms with Crippen LogP contribution in [0.2, 0.25) is 0 Å². The van der Waals surface area contributed by atoms with Crippen LogP contribution < -0.4 is 10.2 Å². The van der Waals surface area contributed by atoms with Crippen LogP contribution in [0.5, 0.6) is 0 Å². The normalized spacial score (nSPS) is 14.7. The summed E-state index contributed by atoms with van der Waals surface area (Å²) in [4.78, 5) is 11.9. The highest BCUT2D eigenvalue weighted by Crippen LogP contribution is 2.33. The van der Waals surface area contributed by atoms with E-state index in [9.17, 15) is 0 Å². The molecule has 112 valence electrons. The van der Waals surface area contributed by atoms with Gasteiger partial charge in [0, 0.05) is 31.1 Å². The third-order valence-electron chi connectivity index (χ3n) is 3.85. The molecule has 4 heteroatoms. The fourth-order valence-electron chi connectivity index (χ4n) is 2.40. The van der Waals surface area contributed by atoms with Crippen LogP contribution in [-0.4, -0.2) is 29.6 Å². The molecule has 0 aromatic carbocycles. The van der Waals surface area contributed by atoms with Crippen molar-refractivity contribution in [2.45, 2.75) is 53.4 Å². The zero-order chi connectivity index (χ0) is 14.7. The molecule has 0 saturated heterocycles. The number of nitrogens with one attached hydrogen (secondary N) is 1. The highest BCUT2D eigenvalue weighted by atomic mass is 15.2. The van der Waals surface area contributed by atoms with E-state index in [0.717, 1.165) is 43.0 Å². The molecule has 1 fully saturated rings. The summed E-state index contributed by atoms with van der Waals surface area (Å²) in [5.41, 5.74) is 1.18. The highest BCUT2D eigenvalue weighted by Gasteiger charge is 2.26. The summed E-state index contributed by atoms with van der Waals surface area (Å²) >= 11 is 0. The SMILES string of the molecule is CCNc1nc(C(C)C)nc(N(CC)CC2CC2)c1C. The number of hydrogen-bond acceptors (Lipinski definition) is 4. The van der Waals surface area contributed by atoms with Gasteiger partial charge in [0.25, 0.3) is 0 Å². The van der Waals surface area contributed by atoms with Gasteiger partial charge in [-0.05, 0) is 39.5 Å². The Balaban J connectivity index is 2.36. The van der Waals surface area contributed by atoms with E-state index in [4.69, 9.17) is 4.98 Å². The van der Waals surface area contributed by atoms with Crippen molar-refractivity contribution in [3.8, 4) is 0 Å². The van der Waals surface area contributed by atoms with Crippen LogP contribution in [0.3, 0.4) is 0 Å². The minimum Gasteiger partial charge on any atom is -0.370 e. The topological polar surface area (TPSA) is 41.1 Å². The van der Waals surface area contributed by atoms with Crippen LogP contribution in [0, 0.1) is 12.8 Å². The number of anilines is 2. The quantitative estimate of drug-likeness (QED) is 0.826. The second kappa shape index (κ2) is 6.42. The molecule has 0 aliphatic heterocycles. The highest BCUT2D eigenvalue weighted by molar-refractivity contribution is 5.59. The fourth-order valence-corrected chi connectivity index (χ4v) is 2.40. The van der Waals surface area contributed by atoms with Crippen molar-refractivity contribution in [1.29, 1.82) is 0 Å². The Morgan fingerprint density at radius 2 is 1.95 bits per heavy atom. The molecule has 1 aliphatic rings. The molecule has 4 nitrogen and oxygen atoms in total. The minimum atomic E-state index is 0.353. The van der Waals surface area contributed by atoms with Crippen molar-refractivity contribution in [2.24, 2.45) is 5.92 Å². The molecule has 2 rings (SSSR count). The predicted octanol–water partition coefficient (Wildman–Crippen LogP) is 3.58. The van der Waals surface area contributed by atoms with Gasteiger partial charge in [0.15, 0.2) is 0 Å². The van der Waals surface area contributed by atoms with Crippen molar-refractivity contribution in [3.63, 3.8) is 0 Å². The van der Waals surface area contributed by atoms with Crippen molar-refractivity contribution >= 4 is 11.6 Å². The van der Waals surface area contributed by atoms with Gasteiger partial charge in [-0.1, -0.05) is 13.8 Å². The van der Waals surface area contributed by atoms with Crippen molar-refractivity contribution < 1.29 is 0 Å². The first kappa shape index (κ1) is 15.1. The minimum absolute atomic E-state index is 0.353. The van der Waals surface area contributed by atoms with Crippen molar-refractivity contribution in [2.75, 3.05) is 29.9 Å². The van der Waals surface area contributed by atoms with E-state index >= 15 is 0 Å². The first-order valence-electron chi connectivity index (χ1n) is 7.94. The molecular formula is C16H28N4. The summed E-state index contributed by atoms with van der Waals surface area (Å²) < 4.78 is 0. The smallest absolute Gasteiger partial charge is 0.137 e. The lowest BCUT2D eigenvalue weighted by Crippen LogP contribution is -2.28. The third kappa shape index (κ3) is 3.41. The molecule has 1 saturated carbocycles. The first-order chi connectivity index (χ1) is 9.56. The molecule has 0 amide bonds. The Hall–Kier alpha value is -1.32. The largest absolute Gasteiger partial charge is 0.370 e. The number of aromatic nitrogens is 2. The lowest BCUT2D eigenvalue weighted by atomic mass is 10.2. The van der Waals surface area contributed by atoms with Crippen molar-refractivity contribution in [3.05, 3.63) is 11.4 Å². The van der Waals surface area contributed by atoms with E-state index in [-0.39, 0.29) is 0 Å². The Morgan fingerprint density at radius 1 is 1.25 bits per heavy atom. The Kier molecular flexibility index (Phi) is 4.84. The standard InChI is InChI=1S/C16H28N4/c1-6-17-15-12(5)16(19-14(18-15)11(3)4)20(7-2)10-13-8-9-13/h11,13H,6-10H2,1-5H3,(H,17,18,19). The molecule has 0 spiro atoms. The van der Waals surface area contributed by atoms with Crippen LogP contribution in [0.15, 0.2) is 0 Å². The maximum atomic E-state index is 4.84. The average Bonchev–Trinajstić information content (AvgIpc) is 3.22. The molecule has 1 N–H and O–H groups in total. The molecule has 20 heavy (non-hydrogen) atoms. The van der Waals surface area contributed by atoms with Gasteiger partial charge >= 0.3 is 0 Å². The van der Waals surface area contributed by atoms with E-state index in [1.807, 2.05) is 0 Å². The van der Waals surface area contributed by atoms with Crippen molar-refractivity contribution in [1.82, 2.24) is 9.97 Å². The van der Waals surface area contributed by atoms with Gasteiger partial charge in [0.1, 0.15) is 17.5 Å². The van der Waals surface area contributed by atoms with Crippen LogP contribution in [0.4, 0.5) is 11.6 Å². The maximum absolute atomic E-state index is 4.84. The summed E-state index contributed by atoms with van der Waals surface area (Å²) in [5.74, 6) is 4.28. The van der Waals surface area contributed by atoms with E-state index in [1.165, 1.54) is 18.4 Å². The summed E-state index contributed by atoms with van der Waals surface area (Å²) in [7, 11) is 0. The van der Waals surface area contributed by atoms with Crippen LogP contribution in [0.1, 0.15) is 57.8 Å². The molecule has 0 atom stereocenters. The second-order valence-electron chi connectivity index (χ2n) is 6.05. The van der Waals surface area contributed by atoms with Gasteiger partial charge in [-0.2, -0.15) is 0 Å². The number of nitrogens with zero attached hydrogens (tertiary/aromatic N) is 3. The van der Waals surface area contributed by atoms with E-state index in [1.54, 1.807) is 0 Å². The molecule has 0 unspecified atom stereocenters. The molecule has 1 heterocycles. The van der Waals surface area contributed by atoms with E-state index in [0.29, 0.717) is 5.92 Å². The molecule has 0 radical (unpaired) electrons. The van der Waals surface area contributed by atoms with Crippen LogP contribution in [0.25, 0.3) is 0 Å². The van der Waals surface area contributed by atoms with Gasteiger partial charge in [0.2, 0.25) is 0 Å². The molecule has 1 aromatic heterocycles. The second-order valence-corrected chi connectivity index (χ2v) is 6.05. The van der Waals surface area contributed by atoms with Gasteiger partial charge < -0.3 is 10.2 Å². The summed E-state index contributed by atoms with van der Waals surface area (Å²) in [6.07, 6.45) is 2.75. The first-order valence-corrected chi connectivity index (χ1v) is 7.94. The fraction of sp³-hybridized carbons (Fsp3) is 0.750. The maximum Gasteiger partial charge on any atom is 0.137 e. The van der Waals surface area contributed by atoms with E-state index < -0.39 is 0 Å². The molecule has 1 aromatic rings. The Labute approximate surface area is 123 Å². The summed E-state index contributed by atoms with van der Waals surface area (Å²) in [6, 6.07) is 0. The summed E-state index contributed by atoms with van der Waals surface area (Å²) in [5, 5.41) is 3.38. The number of rotatable bonds is 7. The Bertz CT molecular complexity index is 452. The van der Waals surface area contributed by atoms with Gasteiger partial charge in [-0.3, -0.25) is 0 Å². The van der Waals surface area contributed by atoms with Gasteiger partial charge in [0.05, 0.1) is 0 Å². The van der Waals surface area contributed by atoms with Crippen LogP contribution >= 0.6 is 0 Å². The Morgan fingerprint density at radius 3 is 2.45 bits per heavy atom. The van der Waals surface area contributed by atoms with Gasteiger partial charge in [-0.25, -0.2) is 9.97 Å². The number of hydrogen-bond donors (Lipinski definition) is 1. The average molecular weight is 276 g/mol. The van der Waals surface area contributed by atoms with Crippen LogP contribution in [-0.2, 0) is 0 Å². The molecule has 1 aliphatic carbocycles. The lowest BCUT2D eigenvalue weighted by molar-refractivity contribution is 0.709. The third-order valence-corrected chi connectivity index (χ3v) is 3.85. The zero-order valence-corrected chi connectivity index (χ0v) is 13.5. The van der Waals surface area contributed by atoms with E-state index in [2.05, 4.69) is 49.8 Å². The summed E-state index contributed by atoms with van der Waals surface area (Å²) in [6.45, 7) is 13.8. The monoisotopic (exact) mass is 276 g/mol. The van der Waals surface area contributed by atoms with Gasteiger partial charge in [-0.15, -0.1) is 0 Å². The zero-order valence-electron chi connectivity index (χ0n) is 13.5. The lowest BCUT2D eigenvalue weighted by Gasteiger charge is -2.25.